The summed E-state index contributed by atoms with van der Waals surface area (Å²) in [6.45, 7) is 2.16. The summed E-state index contributed by atoms with van der Waals surface area (Å²) in [5, 5.41) is 0.559. The van der Waals surface area contributed by atoms with E-state index >= 15 is 0 Å². The second kappa shape index (κ2) is 4.95. The number of rotatable bonds is 3. The lowest BCUT2D eigenvalue weighted by Crippen LogP contribution is -2.07. The van der Waals surface area contributed by atoms with E-state index in [1.54, 1.807) is 6.07 Å². The van der Waals surface area contributed by atoms with Gasteiger partial charge in [0.15, 0.2) is 0 Å². The molecule has 2 unspecified atom stereocenters. The number of hydrogen-bond donors (Lipinski definition) is 0. The Balaban J connectivity index is 2.28. The first-order valence-electron chi connectivity index (χ1n) is 5.29. The molecule has 1 aromatic carbocycles. The molecule has 1 saturated carbocycles. The van der Waals surface area contributed by atoms with Gasteiger partial charge in [0.2, 0.25) is 0 Å². The predicted molar refractivity (Wildman–Crippen MR) is 72.7 cm³/mol. The molecule has 0 heterocycles. The fraction of sp³-hybridized carbons (Fsp3) is 0.500. The molecule has 0 radical (unpaired) electrons. The maximum absolute atomic E-state index is 13.8. The fourth-order valence-corrected chi connectivity index (χ4v) is 3.16. The Bertz CT molecular complexity index is 404. The van der Waals surface area contributed by atoms with Crippen LogP contribution in [0.1, 0.15) is 30.2 Å². The molecule has 16 heavy (non-hydrogen) atoms. The van der Waals surface area contributed by atoms with Crippen LogP contribution in [0.2, 0.25) is 5.02 Å². The first kappa shape index (κ1) is 12.8. The average molecular weight is 370 g/mol. The Labute approximate surface area is 117 Å². The van der Waals surface area contributed by atoms with Gasteiger partial charge in [-0.2, -0.15) is 0 Å². The third-order valence-corrected chi connectivity index (χ3v) is 5.69. The molecule has 0 amide bonds. The minimum atomic E-state index is -0.203. The van der Waals surface area contributed by atoms with E-state index in [1.165, 1.54) is 18.9 Å². The van der Waals surface area contributed by atoms with Gasteiger partial charge >= 0.3 is 0 Å². The zero-order valence-electron chi connectivity index (χ0n) is 8.81. The molecule has 2 rings (SSSR count). The summed E-state index contributed by atoms with van der Waals surface area (Å²) in [5.74, 6) is 0.976. The normalized spacial score (nSPS) is 19.6. The molecule has 0 nitrogen and oxygen atoms in total. The van der Waals surface area contributed by atoms with Gasteiger partial charge in [-0.25, -0.2) is 4.39 Å². The predicted octanol–water partition coefficient (Wildman–Crippen LogP) is 5.72. The van der Waals surface area contributed by atoms with E-state index in [0.717, 1.165) is 5.92 Å². The van der Waals surface area contributed by atoms with Crippen LogP contribution in [0.5, 0.6) is 0 Å². The minimum absolute atomic E-state index is 0.0469. The van der Waals surface area contributed by atoms with Crippen LogP contribution >= 0.6 is 43.5 Å². The summed E-state index contributed by atoms with van der Waals surface area (Å²) in [4.78, 5) is 0.0469. The Morgan fingerprint density at radius 2 is 2.06 bits per heavy atom. The van der Waals surface area contributed by atoms with Crippen molar-refractivity contribution in [2.24, 2.45) is 11.8 Å². The molecule has 1 aromatic rings. The molecule has 4 heteroatoms. The maximum atomic E-state index is 13.8. The van der Waals surface area contributed by atoms with Crippen molar-refractivity contribution in [2.75, 3.05) is 0 Å². The topological polar surface area (TPSA) is 0 Å². The van der Waals surface area contributed by atoms with Crippen LogP contribution in [0.3, 0.4) is 0 Å². The molecular formula is C12H12Br2ClF. The zero-order valence-corrected chi connectivity index (χ0v) is 12.7. The lowest BCUT2D eigenvalue weighted by atomic mass is 9.96. The van der Waals surface area contributed by atoms with Crippen molar-refractivity contribution < 1.29 is 4.39 Å². The smallest absolute Gasteiger partial charge is 0.128 e. The first-order chi connectivity index (χ1) is 7.50. The van der Waals surface area contributed by atoms with Crippen LogP contribution in [0.4, 0.5) is 4.39 Å². The molecule has 0 aromatic heterocycles. The standard InChI is InChI=1S/C12H12Br2ClF/c1-6(7-2-3-7)12(14)8-4-10(15)9(13)5-11(8)16/h4-7,12H,2-3H2,1H3. The van der Waals surface area contributed by atoms with Gasteiger partial charge in [0.25, 0.3) is 0 Å². The number of halogens is 4. The van der Waals surface area contributed by atoms with Crippen molar-refractivity contribution in [3.05, 3.63) is 33.0 Å². The average Bonchev–Trinajstić information content (AvgIpc) is 3.05. The van der Waals surface area contributed by atoms with Gasteiger partial charge in [-0.1, -0.05) is 34.5 Å². The third kappa shape index (κ3) is 2.62. The van der Waals surface area contributed by atoms with E-state index in [4.69, 9.17) is 11.6 Å². The van der Waals surface area contributed by atoms with Gasteiger partial charge in [-0.15, -0.1) is 0 Å². The second-order valence-corrected chi connectivity index (χ2v) is 6.63. The Kier molecular flexibility index (Phi) is 3.97. The van der Waals surface area contributed by atoms with Gasteiger partial charge in [0.05, 0.1) is 5.02 Å². The van der Waals surface area contributed by atoms with Crippen LogP contribution in [0.15, 0.2) is 16.6 Å². The van der Waals surface area contributed by atoms with Crippen molar-refractivity contribution in [3.8, 4) is 0 Å². The molecule has 0 aliphatic heterocycles. The van der Waals surface area contributed by atoms with E-state index in [1.807, 2.05) is 0 Å². The highest BCUT2D eigenvalue weighted by molar-refractivity contribution is 9.10. The Hall–Kier alpha value is 0.400. The molecule has 88 valence electrons. The largest absolute Gasteiger partial charge is 0.207 e. The van der Waals surface area contributed by atoms with Crippen molar-refractivity contribution in [1.29, 1.82) is 0 Å². The number of hydrogen-bond acceptors (Lipinski definition) is 0. The highest BCUT2D eigenvalue weighted by Gasteiger charge is 2.34. The van der Waals surface area contributed by atoms with Gasteiger partial charge in [0, 0.05) is 14.9 Å². The van der Waals surface area contributed by atoms with E-state index in [2.05, 4.69) is 38.8 Å². The van der Waals surface area contributed by atoms with Gasteiger partial charge in [-0.05, 0) is 52.7 Å². The molecular weight excluding hydrogens is 358 g/mol. The molecule has 1 aliphatic rings. The van der Waals surface area contributed by atoms with Crippen LogP contribution in [-0.4, -0.2) is 0 Å². The van der Waals surface area contributed by atoms with Crippen LogP contribution in [-0.2, 0) is 0 Å². The van der Waals surface area contributed by atoms with E-state index in [-0.39, 0.29) is 10.6 Å². The summed E-state index contributed by atoms with van der Waals surface area (Å²) in [6.07, 6.45) is 2.52. The van der Waals surface area contributed by atoms with Crippen molar-refractivity contribution in [2.45, 2.75) is 24.6 Å². The van der Waals surface area contributed by atoms with Crippen molar-refractivity contribution in [3.63, 3.8) is 0 Å². The van der Waals surface area contributed by atoms with Gasteiger partial charge in [0.1, 0.15) is 5.82 Å². The second-order valence-electron chi connectivity index (χ2n) is 4.39. The van der Waals surface area contributed by atoms with Crippen LogP contribution in [0.25, 0.3) is 0 Å². The SMILES string of the molecule is CC(C1CC1)C(Br)c1cc(Cl)c(Br)cc1F. The van der Waals surface area contributed by atoms with Crippen molar-refractivity contribution in [1.82, 2.24) is 0 Å². The summed E-state index contributed by atoms with van der Waals surface area (Å²) in [6, 6.07) is 3.14. The minimum Gasteiger partial charge on any atom is -0.207 e. The monoisotopic (exact) mass is 368 g/mol. The Morgan fingerprint density at radius 1 is 1.44 bits per heavy atom. The van der Waals surface area contributed by atoms with E-state index in [9.17, 15) is 4.39 Å². The van der Waals surface area contributed by atoms with E-state index in [0.29, 0.717) is 21.0 Å². The van der Waals surface area contributed by atoms with Crippen LogP contribution < -0.4 is 0 Å². The lowest BCUT2D eigenvalue weighted by molar-refractivity contribution is 0.486. The highest BCUT2D eigenvalue weighted by atomic mass is 79.9. The molecule has 1 aliphatic carbocycles. The first-order valence-corrected chi connectivity index (χ1v) is 7.38. The molecule has 0 N–H and O–H groups in total. The molecule has 0 bridgehead atoms. The van der Waals surface area contributed by atoms with Crippen molar-refractivity contribution >= 4 is 43.5 Å². The van der Waals surface area contributed by atoms with Gasteiger partial charge < -0.3 is 0 Å². The van der Waals surface area contributed by atoms with Crippen LogP contribution in [0, 0.1) is 17.7 Å². The number of benzene rings is 1. The Morgan fingerprint density at radius 3 is 2.62 bits per heavy atom. The number of alkyl halides is 1. The highest BCUT2D eigenvalue weighted by Crippen LogP contribution is 2.47. The molecule has 0 saturated heterocycles. The summed E-state index contributed by atoms with van der Waals surface area (Å²) in [7, 11) is 0. The molecule has 1 fully saturated rings. The fourth-order valence-electron chi connectivity index (χ4n) is 1.89. The third-order valence-electron chi connectivity index (χ3n) is 3.16. The lowest BCUT2D eigenvalue weighted by Gasteiger charge is -2.19. The zero-order chi connectivity index (χ0) is 11.9. The summed E-state index contributed by atoms with van der Waals surface area (Å²) >= 11 is 12.8. The summed E-state index contributed by atoms with van der Waals surface area (Å²) < 4.78 is 14.4. The summed E-state index contributed by atoms with van der Waals surface area (Å²) in [5.41, 5.74) is 0.660. The molecule has 0 spiro atoms. The molecule has 2 atom stereocenters. The van der Waals surface area contributed by atoms with Gasteiger partial charge in [-0.3, -0.25) is 0 Å². The van der Waals surface area contributed by atoms with E-state index < -0.39 is 0 Å². The maximum Gasteiger partial charge on any atom is 0.128 e. The quantitative estimate of drug-likeness (QED) is 0.471.